The Hall–Kier alpha value is -2.96. The second kappa shape index (κ2) is 11.0. The Morgan fingerprint density at radius 3 is 2.78 bits per heavy atom. The number of aryl methyl sites for hydroxylation is 1. The molecule has 0 aliphatic carbocycles. The maximum Gasteiger partial charge on any atom is 0.251 e. The summed E-state index contributed by atoms with van der Waals surface area (Å²) in [6.07, 6.45) is 3.06. The summed E-state index contributed by atoms with van der Waals surface area (Å²) < 4.78 is 11.3. The largest absolute Gasteiger partial charge is 0.486 e. The number of benzene rings is 1. The van der Waals surface area contributed by atoms with E-state index in [1.807, 2.05) is 19.1 Å². The quantitative estimate of drug-likeness (QED) is 0.370. The number of nitrogens with one attached hydrogen (secondary N) is 5. The van der Waals surface area contributed by atoms with Crippen LogP contribution in [0.25, 0.3) is 0 Å². The van der Waals surface area contributed by atoms with E-state index in [1.165, 1.54) is 0 Å². The molecule has 2 aromatic rings. The zero-order valence-corrected chi connectivity index (χ0v) is 21.1. The van der Waals surface area contributed by atoms with Gasteiger partial charge in [-0.25, -0.2) is 15.8 Å². The fourth-order valence-electron chi connectivity index (χ4n) is 4.95. The molecule has 11 heteroatoms. The standard InChI is InChI=1S/C25H36N8O3/c1-16-10-20-21(36-9-8-35-20)11-18(16)13-29-25(34)17-4-7-27-22(12-17)28-14-23-30-31-24(33(23)3)19-5-6-26-15-32(19)2/h4,7,10-12,19,23-24,26,30-31H,5-6,8-9,13-15H2,1-3H3,(H,27,28)(H,29,34). The first-order valence-corrected chi connectivity index (χ1v) is 12.5. The average Bonchev–Trinajstić information content (AvgIpc) is 3.26. The van der Waals surface area contributed by atoms with E-state index < -0.39 is 0 Å². The minimum atomic E-state index is -0.151. The molecule has 11 nitrogen and oxygen atoms in total. The number of carbonyl (C=O) groups excluding carboxylic acids is 1. The van der Waals surface area contributed by atoms with Gasteiger partial charge in [-0.3, -0.25) is 14.6 Å². The minimum Gasteiger partial charge on any atom is -0.486 e. The normalized spacial score (nSPS) is 24.5. The Bertz CT molecular complexity index is 1080. The Morgan fingerprint density at radius 2 is 1.97 bits per heavy atom. The topological polar surface area (TPSA) is 115 Å². The second-order valence-corrected chi connectivity index (χ2v) is 9.60. The first kappa shape index (κ1) is 24.7. The molecule has 3 atom stereocenters. The van der Waals surface area contributed by atoms with Crippen molar-refractivity contribution in [3.8, 4) is 11.5 Å². The molecule has 2 fully saturated rings. The highest BCUT2D eigenvalue weighted by atomic mass is 16.6. The van der Waals surface area contributed by atoms with Gasteiger partial charge in [-0.05, 0) is 69.4 Å². The molecule has 5 rings (SSSR count). The van der Waals surface area contributed by atoms with Gasteiger partial charge in [0.2, 0.25) is 0 Å². The molecular weight excluding hydrogens is 460 g/mol. The molecule has 1 amide bonds. The van der Waals surface area contributed by atoms with Gasteiger partial charge in [0.25, 0.3) is 5.91 Å². The number of anilines is 1. The molecule has 3 aliphatic heterocycles. The van der Waals surface area contributed by atoms with Gasteiger partial charge in [-0.1, -0.05) is 0 Å². The molecule has 3 aliphatic rings. The number of hydrogen-bond donors (Lipinski definition) is 5. The third-order valence-corrected chi connectivity index (χ3v) is 7.18. The third kappa shape index (κ3) is 5.40. The van der Waals surface area contributed by atoms with E-state index >= 15 is 0 Å². The number of ether oxygens (including phenoxy) is 2. The van der Waals surface area contributed by atoms with Crippen LogP contribution in [0.3, 0.4) is 0 Å². The van der Waals surface area contributed by atoms with Crippen molar-refractivity contribution in [2.45, 2.75) is 38.3 Å². The number of fused-ring (bicyclic) bond motifs is 1. The summed E-state index contributed by atoms with van der Waals surface area (Å²) in [4.78, 5) is 21.9. The molecule has 0 saturated carbocycles. The summed E-state index contributed by atoms with van der Waals surface area (Å²) in [6, 6.07) is 7.84. The Balaban J connectivity index is 1.15. The first-order valence-electron chi connectivity index (χ1n) is 12.5. The molecule has 0 spiro atoms. The minimum absolute atomic E-state index is 0.0933. The highest BCUT2D eigenvalue weighted by Gasteiger charge is 2.37. The monoisotopic (exact) mass is 496 g/mol. The van der Waals surface area contributed by atoms with Crippen LogP contribution in [0.4, 0.5) is 5.82 Å². The summed E-state index contributed by atoms with van der Waals surface area (Å²) in [7, 11) is 4.27. The van der Waals surface area contributed by atoms with Crippen LogP contribution in [0.1, 0.15) is 27.9 Å². The number of carbonyl (C=O) groups is 1. The molecule has 4 heterocycles. The SMILES string of the molecule is Cc1cc2c(cc1CNC(=O)c1ccnc(NCC3NNC(C4CCNCN4C)N3C)c1)OCCO2. The van der Waals surface area contributed by atoms with E-state index in [4.69, 9.17) is 9.47 Å². The highest BCUT2D eigenvalue weighted by molar-refractivity contribution is 5.94. The molecule has 194 valence electrons. The highest BCUT2D eigenvalue weighted by Crippen LogP contribution is 2.33. The lowest BCUT2D eigenvalue weighted by molar-refractivity contribution is 0.0808. The molecule has 0 bridgehead atoms. The van der Waals surface area contributed by atoms with Crippen molar-refractivity contribution in [2.75, 3.05) is 52.4 Å². The van der Waals surface area contributed by atoms with Crippen molar-refractivity contribution in [3.63, 3.8) is 0 Å². The zero-order chi connectivity index (χ0) is 25.1. The molecule has 2 saturated heterocycles. The van der Waals surface area contributed by atoms with Crippen LogP contribution in [0.2, 0.25) is 0 Å². The summed E-state index contributed by atoms with van der Waals surface area (Å²) in [5, 5.41) is 9.79. The Morgan fingerprint density at radius 1 is 1.17 bits per heavy atom. The van der Waals surface area contributed by atoms with E-state index in [0.717, 1.165) is 42.3 Å². The summed E-state index contributed by atoms with van der Waals surface area (Å²) in [5.41, 5.74) is 9.43. The molecule has 3 unspecified atom stereocenters. The number of aromatic nitrogens is 1. The summed E-state index contributed by atoms with van der Waals surface area (Å²) in [6.45, 7) is 6.06. The maximum absolute atomic E-state index is 12.9. The number of hydrogen-bond acceptors (Lipinski definition) is 10. The predicted molar refractivity (Wildman–Crippen MR) is 137 cm³/mol. The van der Waals surface area contributed by atoms with Crippen molar-refractivity contribution in [1.82, 2.24) is 36.3 Å². The number of nitrogens with zero attached hydrogens (tertiary/aromatic N) is 3. The van der Waals surface area contributed by atoms with Gasteiger partial charge in [0.1, 0.15) is 19.0 Å². The zero-order valence-electron chi connectivity index (χ0n) is 21.1. The third-order valence-electron chi connectivity index (χ3n) is 7.18. The van der Waals surface area contributed by atoms with Crippen LogP contribution < -0.4 is 36.3 Å². The van der Waals surface area contributed by atoms with Gasteiger partial charge < -0.3 is 25.4 Å². The molecule has 1 aromatic carbocycles. The summed E-state index contributed by atoms with van der Waals surface area (Å²) >= 11 is 0. The van der Waals surface area contributed by atoms with E-state index in [0.29, 0.717) is 43.7 Å². The molecule has 0 radical (unpaired) electrons. The number of amides is 1. The van der Waals surface area contributed by atoms with Crippen molar-refractivity contribution in [2.24, 2.45) is 0 Å². The lowest BCUT2D eigenvalue weighted by Gasteiger charge is -2.39. The van der Waals surface area contributed by atoms with Crippen LogP contribution in [-0.4, -0.2) is 86.1 Å². The van der Waals surface area contributed by atoms with E-state index in [1.54, 1.807) is 18.3 Å². The van der Waals surface area contributed by atoms with Gasteiger partial charge in [0.15, 0.2) is 11.5 Å². The average molecular weight is 497 g/mol. The lowest BCUT2D eigenvalue weighted by Crippen LogP contribution is -2.58. The number of likely N-dealkylation sites (N-methyl/N-ethyl adjacent to an activating group) is 2. The van der Waals surface area contributed by atoms with Crippen LogP contribution in [0.15, 0.2) is 30.5 Å². The van der Waals surface area contributed by atoms with E-state index in [2.05, 4.69) is 55.7 Å². The Kier molecular flexibility index (Phi) is 7.54. The molecule has 1 aromatic heterocycles. The lowest BCUT2D eigenvalue weighted by atomic mass is 10.1. The van der Waals surface area contributed by atoms with Gasteiger partial charge in [0.05, 0.1) is 12.3 Å². The van der Waals surface area contributed by atoms with E-state index in [-0.39, 0.29) is 18.2 Å². The predicted octanol–water partition coefficient (Wildman–Crippen LogP) is 0.446. The summed E-state index contributed by atoms with van der Waals surface area (Å²) in [5.74, 6) is 1.99. The smallest absolute Gasteiger partial charge is 0.251 e. The number of rotatable bonds is 7. The van der Waals surface area contributed by atoms with Crippen LogP contribution >= 0.6 is 0 Å². The van der Waals surface area contributed by atoms with Gasteiger partial charge >= 0.3 is 0 Å². The van der Waals surface area contributed by atoms with Crippen molar-refractivity contribution in [1.29, 1.82) is 0 Å². The number of hydrazine groups is 1. The van der Waals surface area contributed by atoms with Crippen LogP contribution in [0, 0.1) is 6.92 Å². The Labute approximate surface area is 211 Å². The van der Waals surface area contributed by atoms with Crippen LogP contribution in [-0.2, 0) is 6.54 Å². The van der Waals surface area contributed by atoms with Crippen LogP contribution in [0.5, 0.6) is 11.5 Å². The second-order valence-electron chi connectivity index (χ2n) is 9.60. The fourth-order valence-corrected chi connectivity index (χ4v) is 4.95. The van der Waals surface area contributed by atoms with Crippen molar-refractivity contribution in [3.05, 3.63) is 47.2 Å². The molecular formula is C25H36N8O3. The molecule has 5 N–H and O–H groups in total. The van der Waals surface area contributed by atoms with Gasteiger partial charge in [-0.15, -0.1) is 0 Å². The molecule has 36 heavy (non-hydrogen) atoms. The van der Waals surface area contributed by atoms with Gasteiger partial charge in [-0.2, -0.15) is 0 Å². The van der Waals surface area contributed by atoms with Crippen molar-refractivity contribution < 1.29 is 14.3 Å². The van der Waals surface area contributed by atoms with E-state index in [9.17, 15) is 4.79 Å². The van der Waals surface area contributed by atoms with Crippen molar-refractivity contribution >= 4 is 11.7 Å². The fraction of sp³-hybridized carbons (Fsp3) is 0.520. The first-order chi connectivity index (χ1) is 17.5. The van der Waals surface area contributed by atoms with Gasteiger partial charge in [0, 0.05) is 37.6 Å². The number of pyridine rings is 1. The maximum atomic E-state index is 12.9.